The zero-order chi connectivity index (χ0) is 16.3. The molecule has 2 rings (SSSR count). The molecular formula is C15H14ClFN2O3. The van der Waals surface area contributed by atoms with E-state index in [2.05, 4.69) is 11.4 Å². The molecule has 22 heavy (non-hydrogen) atoms. The minimum atomic E-state index is -0.947. The van der Waals surface area contributed by atoms with Crippen molar-refractivity contribution in [3.63, 3.8) is 0 Å². The third-order valence-electron chi connectivity index (χ3n) is 3.51. The van der Waals surface area contributed by atoms with Gasteiger partial charge in [0.1, 0.15) is 11.4 Å². The van der Waals surface area contributed by atoms with Crippen molar-refractivity contribution in [2.75, 3.05) is 6.61 Å². The van der Waals surface area contributed by atoms with Crippen LogP contribution in [0.2, 0.25) is 5.02 Å². The number of amides is 1. The van der Waals surface area contributed by atoms with Gasteiger partial charge < -0.3 is 10.1 Å². The molecule has 0 unspecified atom stereocenters. The predicted octanol–water partition coefficient (Wildman–Crippen LogP) is 2.44. The summed E-state index contributed by atoms with van der Waals surface area (Å²) in [6, 6.07) is 5.31. The van der Waals surface area contributed by atoms with E-state index in [1.807, 2.05) is 0 Å². The average molecular weight is 325 g/mol. The zero-order valence-electron chi connectivity index (χ0n) is 11.9. The highest BCUT2D eigenvalue weighted by molar-refractivity contribution is 6.33. The Kier molecular flexibility index (Phi) is 4.67. The van der Waals surface area contributed by atoms with Crippen molar-refractivity contribution in [1.29, 1.82) is 5.26 Å². The molecule has 0 saturated heterocycles. The maximum atomic E-state index is 12.9. The smallest absolute Gasteiger partial charge is 0.340 e. The number of halogens is 2. The number of nitrogens with zero attached hydrogens (tertiary/aromatic N) is 1. The van der Waals surface area contributed by atoms with Gasteiger partial charge >= 0.3 is 5.97 Å². The maximum absolute atomic E-state index is 12.9. The van der Waals surface area contributed by atoms with Crippen molar-refractivity contribution < 1.29 is 18.7 Å². The second kappa shape index (κ2) is 6.32. The summed E-state index contributed by atoms with van der Waals surface area (Å²) in [5, 5.41) is 11.6. The van der Waals surface area contributed by atoms with Gasteiger partial charge in [-0.15, -0.1) is 0 Å². The molecule has 0 aliphatic heterocycles. The monoisotopic (exact) mass is 324 g/mol. The number of rotatable bonds is 5. The lowest BCUT2D eigenvalue weighted by molar-refractivity contribution is -0.125. The first-order chi connectivity index (χ1) is 10.4. The Morgan fingerprint density at radius 2 is 2.23 bits per heavy atom. The van der Waals surface area contributed by atoms with Crippen LogP contribution in [-0.4, -0.2) is 24.0 Å². The van der Waals surface area contributed by atoms with E-state index in [1.165, 1.54) is 6.07 Å². The van der Waals surface area contributed by atoms with E-state index in [4.69, 9.17) is 21.6 Å². The van der Waals surface area contributed by atoms with Gasteiger partial charge in [-0.3, -0.25) is 4.79 Å². The Morgan fingerprint density at radius 3 is 2.77 bits per heavy atom. The van der Waals surface area contributed by atoms with Gasteiger partial charge in [-0.05, 0) is 43.9 Å². The molecule has 5 nitrogen and oxygen atoms in total. The third kappa shape index (κ3) is 3.74. The van der Waals surface area contributed by atoms with E-state index in [0.29, 0.717) is 0 Å². The quantitative estimate of drug-likeness (QED) is 0.844. The van der Waals surface area contributed by atoms with Crippen molar-refractivity contribution >= 4 is 23.5 Å². The van der Waals surface area contributed by atoms with Gasteiger partial charge in [0.05, 0.1) is 16.7 Å². The predicted molar refractivity (Wildman–Crippen MR) is 76.6 cm³/mol. The SMILES string of the molecule is C[C@@](C#N)(NC(=O)COC(=O)c1ccc(F)cc1Cl)C1CC1. The molecule has 0 heterocycles. The van der Waals surface area contributed by atoms with E-state index in [-0.39, 0.29) is 16.5 Å². The third-order valence-corrected chi connectivity index (χ3v) is 3.82. The fraction of sp³-hybridized carbons (Fsp3) is 0.400. The number of carbonyl (C=O) groups is 2. The normalized spacial score (nSPS) is 16.3. The Labute approximate surface area is 132 Å². The minimum absolute atomic E-state index is 0.0268. The molecule has 0 bridgehead atoms. The Balaban J connectivity index is 1.91. The molecule has 0 spiro atoms. The summed E-state index contributed by atoms with van der Waals surface area (Å²) in [7, 11) is 0. The van der Waals surface area contributed by atoms with Crippen LogP contribution in [0.15, 0.2) is 18.2 Å². The topological polar surface area (TPSA) is 79.2 Å². The summed E-state index contributed by atoms with van der Waals surface area (Å²) in [6.07, 6.45) is 1.77. The highest BCUT2D eigenvalue weighted by atomic mass is 35.5. The second-order valence-electron chi connectivity index (χ2n) is 5.34. The molecule has 1 amide bonds. The van der Waals surface area contributed by atoms with E-state index in [1.54, 1.807) is 6.92 Å². The van der Waals surface area contributed by atoms with Crippen LogP contribution in [0.5, 0.6) is 0 Å². The van der Waals surface area contributed by atoms with Gasteiger partial charge in [0, 0.05) is 0 Å². The highest BCUT2D eigenvalue weighted by Crippen LogP contribution is 2.39. The molecule has 1 aromatic rings. The summed E-state index contributed by atoms with van der Waals surface area (Å²) in [5.41, 5.74) is -0.974. The molecule has 1 aliphatic carbocycles. The Bertz CT molecular complexity index is 655. The van der Waals surface area contributed by atoms with Gasteiger partial charge in [-0.2, -0.15) is 5.26 Å². The van der Waals surface area contributed by atoms with Crippen molar-refractivity contribution in [1.82, 2.24) is 5.32 Å². The van der Waals surface area contributed by atoms with Crippen LogP contribution >= 0.6 is 11.6 Å². The summed E-state index contributed by atoms with van der Waals surface area (Å²) < 4.78 is 17.7. The van der Waals surface area contributed by atoms with Gasteiger partial charge in [-0.25, -0.2) is 9.18 Å². The minimum Gasteiger partial charge on any atom is -0.452 e. The number of nitrogens with one attached hydrogen (secondary N) is 1. The summed E-state index contributed by atoms with van der Waals surface area (Å²) in [5.74, 6) is -1.84. The van der Waals surface area contributed by atoms with Gasteiger partial charge in [0.2, 0.25) is 0 Å². The van der Waals surface area contributed by atoms with E-state index in [0.717, 1.165) is 25.0 Å². The molecular weight excluding hydrogens is 311 g/mol. The van der Waals surface area contributed by atoms with Crippen molar-refractivity contribution in [3.05, 3.63) is 34.6 Å². The lowest BCUT2D eigenvalue weighted by Gasteiger charge is -2.22. The average Bonchev–Trinajstić information content (AvgIpc) is 3.29. The van der Waals surface area contributed by atoms with Crippen LogP contribution in [0.3, 0.4) is 0 Å². The number of benzene rings is 1. The van der Waals surface area contributed by atoms with Crippen LogP contribution in [0.25, 0.3) is 0 Å². The highest BCUT2D eigenvalue weighted by Gasteiger charge is 2.43. The Morgan fingerprint density at radius 1 is 1.55 bits per heavy atom. The zero-order valence-corrected chi connectivity index (χ0v) is 12.6. The van der Waals surface area contributed by atoms with Crippen LogP contribution in [0.4, 0.5) is 4.39 Å². The van der Waals surface area contributed by atoms with Crippen molar-refractivity contribution in [3.8, 4) is 6.07 Å². The molecule has 116 valence electrons. The molecule has 1 aliphatic rings. The van der Waals surface area contributed by atoms with E-state index in [9.17, 15) is 14.0 Å². The lowest BCUT2D eigenvalue weighted by Crippen LogP contribution is -2.48. The lowest BCUT2D eigenvalue weighted by atomic mass is 9.98. The van der Waals surface area contributed by atoms with Crippen LogP contribution < -0.4 is 5.32 Å². The first kappa shape index (κ1) is 16.2. The fourth-order valence-electron chi connectivity index (χ4n) is 2.07. The molecule has 0 radical (unpaired) electrons. The first-order valence-corrected chi connectivity index (χ1v) is 7.08. The van der Waals surface area contributed by atoms with Crippen LogP contribution in [0, 0.1) is 23.1 Å². The molecule has 1 saturated carbocycles. The standard InChI is InChI=1S/C15H14ClFN2O3/c1-15(8-18,9-2-3-9)19-13(20)7-22-14(21)11-5-4-10(17)6-12(11)16/h4-6,9H,2-3,7H2,1H3,(H,19,20)/t15-/m0/s1. The number of nitriles is 1. The molecule has 1 N–H and O–H groups in total. The number of ether oxygens (including phenoxy) is 1. The largest absolute Gasteiger partial charge is 0.452 e. The van der Waals surface area contributed by atoms with Crippen LogP contribution in [0.1, 0.15) is 30.1 Å². The fourth-order valence-corrected chi connectivity index (χ4v) is 2.32. The second-order valence-corrected chi connectivity index (χ2v) is 5.74. The summed E-state index contributed by atoms with van der Waals surface area (Å²) in [4.78, 5) is 23.6. The van der Waals surface area contributed by atoms with Crippen LogP contribution in [-0.2, 0) is 9.53 Å². The summed E-state index contributed by atoms with van der Waals surface area (Å²) in [6.45, 7) is 1.11. The number of hydrogen-bond acceptors (Lipinski definition) is 4. The number of hydrogen-bond donors (Lipinski definition) is 1. The number of esters is 1. The Hall–Kier alpha value is -2.13. The molecule has 7 heteroatoms. The number of carbonyl (C=O) groups excluding carboxylic acids is 2. The van der Waals surface area contributed by atoms with E-state index >= 15 is 0 Å². The molecule has 0 aromatic heterocycles. The van der Waals surface area contributed by atoms with Gasteiger partial charge in [-0.1, -0.05) is 11.6 Å². The first-order valence-electron chi connectivity index (χ1n) is 6.70. The summed E-state index contributed by atoms with van der Waals surface area (Å²) >= 11 is 5.73. The van der Waals surface area contributed by atoms with Gasteiger partial charge in [0.15, 0.2) is 6.61 Å². The van der Waals surface area contributed by atoms with Crippen molar-refractivity contribution in [2.24, 2.45) is 5.92 Å². The van der Waals surface area contributed by atoms with E-state index < -0.39 is 29.8 Å². The maximum Gasteiger partial charge on any atom is 0.340 e. The molecule has 1 atom stereocenters. The molecule has 1 fully saturated rings. The van der Waals surface area contributed by atoms with Gasteiger partial charge in [0.25, 0.3) is 5.91 Å². The molecule has 1 aromatic carbocycles. The van der Waals surface area contributed by atoms with Crippen molar-refractivity contribution in [2.45, 2.75) is 25.3 Å².